The molecule has 1 amide bonds. The third-order valence-electron chi connectivity index (χ3n) is 2.63. The van der Waals surface area contributed by atoms with Gasteiger partial charge in [0.1, 0.15) is 6.04 Å². The molecule has 1 unspecified atom stereocenters. The molecular weight excluding hydrogens is 254 g/mol. The molecule has 1 aromatic heterocycles. The zero-order valence-corrected chi connectivity index (χ0v) is 13.6. The van der Waals surface area contributed by atoms with Crippen molar-refractivity contribution in [3.8, 4) is 0 Å². The number of hydrogen-bond acceptors (Lipinski definition) is 4. The standard InChI is InChI=1S/C14H27N5O/c1-10(12(20)16-14(5,6)7)19-9-11(17-18-19)8-15-13(2,3)4/h9-10,15H,8H2,1-7H3,(H,16,20). The molecule has 20 heavy (non-hydrogen) atoms. The van der Waals surface area contributed by atoms with Crippen molar-refractivity contribution in [2.45, 2.75) is 72.1 Å². The van der Waals surface area contributed by atoms with Crippen molar-refractivity contribution in [1.29, 1.82) is 0 Å². The van der Waals surface area contributed by atoms with Crippen LogP contribution in [0.5, 0.6) is 0 Å². The van der Waals surface area contributed by atoms with E-state index in [4.69, 9.17) is 0 Å². The van der Waals surface area contributed by atoms with E-state index in [0.717, 1.165) is 5.69 Å². The minimum Gasteiger partial charge on any atom is -0.350 e. The summed E-state index contributed by atoms with van der Waals surface area (Å²) in [7, 11) is 0. The summed E-state index contributed by atoms with van der Waals surface area (Å²) in [5.41, 5.74) is 0.608. The smallest absolute Gasteiger partial charge is 0.245 e. The fourth-order valence-electron chi connectivity index (χ4n) is 1.53. The highest BCUT2D eigenvalue weighted by Crippen LogP contribution is 2.09. The lowest BCUT2D eigenvalue weighted by molar-refractivity contribution is -0.125. The molecule has 0 bridgehead atoms. The molecular formula is C14H27N5O. The molecule has 1 aromatic rings. The Bertz CT molecular complexity index is 453. The quantitative estimate of drug-likeness (QED) is 0.880. The summed E-state index contributed by atoms with van der Waals surface area (Å²) in [6.45, 7) is 14.6. The first-order valence-corrected chi connectivity index (χ1v) is 6.96. The molecule has 0 aliphatic carbocycles. The van der Waals surface area contributed by atoms with Crippen LogP contribution in [0.25, 0.3) is 0 Å². The lowest BCUT2D eigenvalue weighted by Crippen LogP contribution is -2.43. The normalized spacial score (nSPS) is 14.2. The van der Waals surface area contributed by atoms with Gasteiger partial charge in [-0.25, -0.2) is 4.68 Å². The van der Waals surface area contributed by atoms with E-state index in [1.807, 2.05) is 33.9 Å². The Morgan fingerprint density at radius 1 is 1.25 bits per heavy atom. The second-order valence-corrected chi connectivity index (χ2v) is 7.21. The Balaban J connectivity index is 2.64. The summed E-state index contributed by atoms with van der Waals surface area (Å²) in [4.78, 5) is 12.1. The predicted octanol–water partition coefficient (Wildman–Crippen LogP) is 1.64. The first-order valence-electron chi connectivity index (χ1n) is 6.96. The number of hydrogen-bond donors (Lipinski definition) is 2. The van der Waals surface area contributed by atoms with E-state index >= 15 is 0 Å². The van der Waals surface area contributed by atoms with Crippen LogP contribution in [0, 0.1) is 0 Å². The number of aromatic nitrogens is 3. The van der Waals surface area contributed by atoms with Gasteiger partial charge in [-0.2, -0.15) is 0 Å². The van der Waals surface area contributed by atoms with Gasteiger partial charge in [0, 0.05) is 17.6 Å². The second-order valence-electron chi connectivity index (χ2n) is 7.21. The second kappa shape index (κ2) is 5.91. The van der Waals surface area contributed by atoms with Crippen LogP contribution in [0.15, 0.2) is 6.20 Å². The van der Waals surface area contributed by atoms with Gasteiger partial charge in [-0.15, -0.1) is 5.10 Å². The Morgan fingerprint density at radius 3 is 2.35 bits per heavy atom. The van der Waals surface area contributed by atoms with Crippen LogP contribution in [0.2, 0.25) is 0 Å². The molecule has 2 N–H and O–H groups in total. The molecule has 0 aromatic carbocycles. The van der Waals surface area contributed by atoms with E-state index in [1.54, 1.807) is 4.68 Å². The fourth-order valence-corrected chi connectivity index (χ4v) is 1.53. The number of carbonyl (C=O) groups is 1. The first-order chi connectivity index (χ1) is 8.98. The molecule has 6 nitrogen and oxygen atoms in total. The van der Waals surface area contributed by atoms with Crippen molar-refractivity contribution in [3.63, 3.8) is 0 Å². The Labute approximate surface area is 121 Å². The van der Waals surface area contributed by atoms with Crippen LogP contribution in [0.4, 0.5) is 0 Å². The monoisotopic (exact) mass is 281 g/mol. The van der Waals surface area contributed by atoms with Gasteiger partial charge in [0.2, 0.25) is 5.91 Å². The van der Waals surface area contributed by atoms with Crippen LogP contribution < -0.4 is 10.6 Å². The number of rotatable bonds is 4. The van der Waals surface area contributed by atoms with Gasteiger partial charge < -0.3 is 10.6 Å². The fraction of sp³-hybridized carbons (Fsp3) is 0.786. The summed E-state index contributed by atoms with van der Waals surface area (Å²) in [5, 5.41) is 14.4. The van der Waals surface area contributed by atoms with Crippen LogP contribution in [-0.4, -0.2) is 32.0 Å². The summed E-state index contributed by atoms with van der Waals surface area (Å²) >= 11 is 0. The molecule has 1 atom stereocenters. The van der Waals surface area contributed by atoms with E-state index in [9.17, 15) is 4.79 Å². The SMILES string of the molecule is CC(C(=O)NC(C)(C)C)n1cc(CNC(C)(C)C)nn1. The average molecular weight is 281 g/mol. The van der Waals surface area contributed by atoms with Crippen LogP contribution in [0.1, 0.15) is 60.2 Å². The van der Waals surface area contributed by atoms with Gasteiger partial charge in [0.05, 0.1) is 11.9 Å². The Kier molecular flexibility index (Phi) is 4.91. The van der Waals surface area contributed by atoms with Gasteiger partial charge in [-0.05, 0) is 48.5 Å². The molecule has 0 radical (unpaired) electrons. The van der Waals surface area contributed by atoms with Crippen molar-refractivity contribution in [3.05, 3.63) is 11.9 Å². The average Bonchev–Trinajstić information content (AvgIpc) is 2.70. The molecule has 0 spiro atoms. The minimum absolute atomic E-state index is 0.0268. The molecule has 1 rings (SSSR count). The largest absolute Gasteiger partial charge is 0.350 e. The molecule has 114 valence electrons. The molecule has 0 aliphatic heterocycles. The van der Waals surface area contributed by atoms with E-state index in [2.05, 4.69) is 41.7 Å². The zero-order valence-electron chi connectivity index (χ0n) is 13.6. The van der Waals surface area contributed by atoms with E-state index in [0.29, 0.717) is 6.54 Å². The van der Waals surface area contributed by atoms with Crippen LogP contribution >= 0.6 is 0 Å². The highest BCUT2D eigenvalue weighted by atomic mass is 16.2. The molecule has 0 saturated carbocycles. The Hall–Kier alpha value is -1.43. The molecule has 6 heteroatoms. The highest BCUT2D eigenvalue weighted by molar-refractivity contribution is 5.80. The van der Waals surface area contributed by atoms with Gasteiger partial charge in [-0.3, -0.25) is 4.79 Å². The van der Waals surface area contributed by atoms with Crippen molar-refractivity contribution in [2.75, 3.05) is 0 Å². The number of amides is 1. The van der Waals surface area contributed by atoms with Crippen molar-refractivity contribution >= 4 is 5.91 Å². The molecule has 0 saturated heterocycles. The van der Waals surface area contributed by atoms with Gasteiger partial charge in [0.25, 0.3) is 0 Å². The topological polar surface area (TPSA) is 71.8 Å². The van der Waals surface area contributed by atoms with Crippen molar-refractivity contribution < 1.29 is 4.79 Å². The summed E-state index contributed by atoms with van der Waals surface area (Å²) in [6.07, 6.45) is 1.81. The summed E-state index contributed by atoms with van der Waals surface area (Å²) in [5.74, 6) is -0.0577. The van der Waals surface area contributed by atoms with Crippen molar-refractivity contribution in [2.24, 2.45) is 0 Å². The van der Waals surface area contributed by atoms with Crippen molar-refractivity contribution in [1.82, 2.24) is 25.6 Å². The lowest BCUT2D eigenvalue weighted by atomic mass is 10.1. The summed E-state index contributed by atoms with van der Waals surface area (Å²) < 4.78 is 1.60. The van der Waals surface area contributed by atoms with Crippen LogP contribution in [0.3, 0.4) is 0 Å². The zero-order chi connectivity index (χ0) is 15.6. The maximum atomic E-state index is 12.1. The third kappa shape index (κ3) is 5.69. The Morgan fingerprint density at radius 2 is 1.85 bits per heavy atom. The summed E-state index contributed by atoms with van der Waals surface area (Å²) in [6, 6.07) is -0.370. The molecule has 1 heterocycles. The molecule has 0 fully saturated rings. The first kappa shape index (κ1) is 16.6. The number of carbonyl (C=O) groups excluding carboxylic acids is 1. The third-order valence-corrected chi connectivity index (χ3v) is 2.63. The van der Waals surface area contributed by atoms with E-state index < -0.39 is 0 Å². The van der Waals surface area contributed by atoms with Gasteiger partial charge in [0.15, 0.2) is 0 Å². The maximum absolute atomic E-state index is 12.1. The number of nitrogens with zero attached hydrogens (tertiary/aromatic N) is 3. The number of nitrogens with one attached hydrogen (secondary N) is 2. The van der Waals surface area contributed by atoms with Crippen LogP contribution in [-0.2, 0) is 11.3 Å². The molecule has 0 aliphatic rings. The highest BCUT2D eigenvalue weighted by Gasteiger charge is 2.21. The maximum Gasteiger partial charge on any atom is 0.245 e. The van der Waals surface area contributed by atoms with Gasteiger partial charge >= 0.3 is 0 Å². The minimum atomic E-state index is -0.370. The van der Waals surface area contributed by atoms with E-state index in [1.165, 1.54) is 0 Å². The van der Waals surface area contributed by atoms with Gasteiger partial charge in [-0.1, -0.05) is 5.21 Å². The predicted molar refractivity (Wildman–Crippen MR) is 79.2 cm³/mol. The lowest BCUT2D eigenvalue weighted by Gasteiger charge is -2.23. The van der Waals surface area contributed by atoms with E-state index in [-0.39, 0.29) is 23.0 Å².